The van der Waals surface area contributed by atoms with Crippen LogP contribution in [0.5, 0.6) is 0 Å². The normalized spacial score (nSPS) is 13.8. The Hall–Kier alpha value is -0.290. The van der Waals surface area contributed by atoms with E-state index in [9.17, 15) is 8.42 Å². The molecule has 0 radical (unpaired) electrons. The molecule has 1 aromatic carbocycles. The lowest BCUT2D eigenvalue weighted by Crippen LogP contribution is -2.27. The molecule has 3 nitrogen and oxygen atoms in total. The molecule has 0 amide bonds. The zero-order valence-electron chi connectivity index (χ0n) is 8.78. The van der Waals surface area contributed by atoms with Crippen LogP contribution >= 0.6 is 23.2 Å². The Bertz CT molecular complexity index is 472. The van der Waals surface area contributed by atoms with Gasteiger partial charge in [-0.1, -0.05) is 23.2 Å². The number of rotatable bonds is 4. The van der Waals surface area contributed by atoms with Gasteiger partial charge in [0.2, 0.25) is 0 Å². The van der Waals surface area contributed by atoms with Crippen LogP contribution in [0.2, 0.25) is 10.0 Å². The minimum absolute atomic E-state index is 0.0597. The summed E-state index contributed by atoms with van der Waals surface area (Å²) in [4.78, 5) is 0. The molecule has 0 bridgehead atoms. The van der Waals surface area contributed by atoms with Crippen molar-refractivity contribution >= 4 is 33.0 Å². The van der Waals surface area contributed by atoms with Gasteiger partial charge in [0, 0.05) is 16.1 Å². The SMILES string of the molecule is CC(N)CS(=O)(=O)Cc1cc(Cl)ccc1Cl. The van der Waals surface area contributed by atoms with E-state index < -0.39 is 9.84 Å². The van der Waals surface area contributed by atoms with Crippen LogP contribution in [0.3, 0.4) is 0 Å². The summed E-state index contributed by atoms with van der Waals surface area (Å²) in [7, 11) is -3.24. The van der Waals surface area contributed by atoms with Gasteiger partial charge in [-0.25, -0.2) is 8.42 Å². The molecular formula is C10H13Cl2NO2S. The van der Waals surface area contributed by atoms with Crippen molar-refractivity contribution in [2.45, 2.75) is 18.7 Å². The van der Waals surface area contributed by atoms with Gasteiger partial charge in [-0.05, 0) is 30.7 Å². The van der Waals surface area contributed by atoms with Gasteiger partial charge in [0.15, 0.2) is 9.84 Å². The quantitative estimate of drug-likeness (QED) is 0.921. The number of hydrogen-bond donors (Lipinski definition) is 1. The molecule has 0 aliphatic carbocycles. The van der Waals surface area contributed by atoms with Gasteiger partial charge < -0.3 is 5.73 Å². The third-order valence-electron chi connectivity index (χ3n) is 1.90. The highest BCUT2D eigenvalue weighted by molar-refractivity contribution is 7.90. The first-order chi connectivity index (χ1) is 7.30. The average Bonchev–Trinajstić information content (AvgIpc) is 2.08. The number of nitrogens with two attached hydrogens (primary N) is 1. The van der Waals surface area contributed by atoms with Crippen LogP contribution in [0.4, 0.5) is 0 Å². The first kappa shape index (κ1) is 13.8. The lowest BCUT2D eigenvalue weighted by atomic mass is 10.2. The molecule has 1 unspecified atom stereocenters. The molecule has 1 aromatic rings. The van der Waals surface area contributed by atoms with Crippen molar-refractivity contribution < 1.29 is 8.42 Å². The summed E-state index contributed by atoms with van der Waals surface area (Å²) in [6.07, 6.45) is 0. The van der Waals surface area contributed by atoms with E-state index in [0.717, 1.165) is 0 Å². The van der Waals surface area contributed by atoms with Gasteiger partial charge in [0.25, 0.3) is 0 Å². The van der Waals surface area contributed by atoms with Gasteiger partial charge >= 0.3 is 0 Å². The molecule has 0 heterocycles. The van der Waals surface area contributed by atoms with E-state index >= 15 is 0 Å². The first-order valence-corrected chi connectivity index (χ1v) is 7.28. The van der Waals surface area contributed by atoms with Crippen molar-refractivity contribution in [1.82, 2.24) is 0 Å². The fourth-order valence-electron chi connectivity index (χ4n) is 1.35. The van der Waals surface area contributed by atoms with Crippen molar-refractivity contribution in [3.05, 3.63) is 33.8 Å². The standard InChI is InChI=1S/C10H13Cl2NO2S/c1-7(13)5-16(14,15)6-8-4-9(11)2-3-10(8)12/h2-4,7H,5-6,13H2,1H3. The van der Waals surface area contributed by atoms with Crippen molar-refractivity contribution in [3.8, 4) is 0 Å². The Kier molecular flexibility index (Phi) is 4.62. The number of sulfone groups is 1. The molecule has 1 rings (SSSR count). The van der Waals surface area contributed by atoms with Gasteiger partial charge in [-0.3, -0.25) is 0 Å². The van der Waals surface area contributed by atoms with Crippen LogP contribution < -0.4 is 5.73 Å². The van der Waals surface area contributed by atoms with Crippen molar-refractivity contribution in [1.29, 1.82) is 0 Å². The summed E-state index contributed by atoms with van der Waals surface area (Å²) >= 11 is 11.7. The zero-order chi connectivity index (χ0) is 12.3. The Labute approximate surface area is 105 Å². The zero-order valence-corrected chi connectivity index (χ0v) is 11.1. The van der Waals surface area contributed by atoms with Crippen LogP contribution in [-0.2, 0) is 15.6 Å². The van der Waals surface area contributed by atoms with Gasteiger partial charge in [-0.15, -0.1) is 0 Å². The Morgan fingerprint density at radius 3 is 2.56 bits per heavy atom. The summed E-state index contributed by atoms with van der Waals surface area (Å²) in [5.41, 5.74) is 5.97. The van der Waals surface area contributed by atoms with E-state index in [1.165, 1.54) is 0 Å². The number of halogens is 2. The summed E-state index contributed by atoms with van der Waals surface area (Å²) in [5.74, 6) is -0.191. The molecule has 0 saturated carbocycles. The van der Waals surface area contributed by atoms with Crippen LogP contribution in [0.1, 0.15) is 12.5 Å². The average molecular weight is 282 g/mol. The maximum atomic E-state index is 11.7. The molecule has 0 aliphatic rings. The second-order valence-corrected chi connectivity index (χ2v) is 6.72. The molecule has 1 atom stereocenters. The Balaban J connectivity index is 2.92. The molecular weight excluding hydrogens is 269 g/mol. The Morgan fingerprint density at radius 1 is 1.38 bits per heavy atom. The third kappa shape index (κ3) is 4.29. The predicted octanol–water partition coefficient (Wildman–Crippen LogP) is 2.26. The summed E-state index contributed by atoms with van der Waals surface area (Å²) in [5, 5.41) is 0.869. The monoisotopic (exact) mass is 281 g/mol. The molecule has 90 valence electrons. The smallest absolute Gasteiger partial charge is 0.156 e. The molecule has 0 fully saturated rings. The van der Waals surface area contributed by atoms with Gasteiger partial charge in [-0.2, -0.15) is 0 Å². The van der Waals surface area contributed by atoms with E-state index in [-0.39, 0.29) is 17.5 Å². The molecule has 2 N–H and O–H groups in total. The topological polar surface area (TPSA) is 60.2 Å². The minimum atomic E-state index is -3.24. The molecule has 0 saturated heterocycles. The second-order valence-electron chi connectivity index (χ2n) is 3.77. The maximum absolute atomic E-state index is 11.7. The summed E-state index contributed by atoms with van der Waals surface area (Å²) in [6.45, 7) is 1.65. The van der Waals surface area contributed by atoms with Crippen LogP contribution in [0, 0.1) is 0 Å². The van der Waals surface area contributed by atoms with Gasteiger partial charge in [0.05, 0.1) is 11.5 Å². The van der Waals surface area contributed by atoms with E-state index in [1.54, 1.807) is 25.1 Å². The van der Waals surface area contributed by atoms with E-state index in [1.807, 2.05) is 0 Å². The number of hydrogen-bond acceptors (Lipinski definition) is 3. The lowest BCUT2D eigenvalue weighted by Gasteiger charge is -2.08. The summed E-state index contributed by atoms with van der Waals surface area (Å²) < 4.78 is 23.4. The van der Waals surface area contributed by atoms with Crippen molar-refractivity contribution in [3.63, 3.8) is 0 Å². The fourth-order valence-corrected chi connectivity index (χ4v) is 3.44. The maximum Gasteiger partial charge on any atom is 0.156 e. The highest BCUT2D eigenvalue weighted by atomic mass is 35.5. The molecule has 0 spiro atoms. The van der Waals surface area contributed by atoms with Gasteiger partial charge in [0.1, 0.15) is 0 Å². The molecule has 0 aromatic heterocycles. The van der Waals surface area contributed by atoms with Crippen LogP contribution in [0.15, 0.2) is 18.2 Å². The highest BCUT2D eigenvalue weighted by Crippen LogP contribution is 2.22. The lowest BCUT2D eigenvalue weighted by molar-refractivity contribution is 0.589. The third-order valence-corrected chi connectivity index (χ3v) is 4.29. The molecule has 6 heteroatoms. The van der Waals surface area contributed by atoms with Crippen LogP contribution in [-0.4, -0.2) is 20.2 Å². The summed E-state index contributed by atoms with van der Waals surface area (Å²) in [6, 6.07) is 4.37. The highest BCUT2D eigenvalue weighted by Gasteiger charge is 2.16. The second kappa shape index (κ2) is 5.36. The first-order valence-electron chi connectivity index (χ1n) is 4.70. The van der Waals surface area contributed by atoms with Crippen molar-refractivity contribution in [2.24, 2.45) is 5.73 Å². The van der Waals surface area contributed by atoms with E-state index in [4.69, 9.17) is 28.9 Å². The minimum Gasteiger partial charge on any atom is -0.327 e. The largest absolute Gasteiger partial charge is 0.327 e. The fraction of sp³-hybridized carbons (Fsp3) is 0.400. The predicted molar refractivity (Wildman–Crippen MR) is 67.6 cm³/mol. The van der Waals surface area contributed by atoms with Crippen LogP contribution in [0.25, 0.3) is 0 Å². The Morgan fingerprint density at radius 2 is 2.00 bits per heavy atom. The van der Waals surface area contributed by atoms with Crippen molar-refractivity contribution in [2.75, 3.05) is 5.75 Å². The number of benzene rings is 1. The van der Waals surface area contributed by atoms with E-state index in [0.29, 0.717) is 15.6 Å². The van der Waals surface area contributed by atoms with E-state index in [2.05, 4.69) is 0 Å². The molecule has 16 heavy (non-hydrogen) atoms. The molecule has 0 aliphatic heterocycles.